The summed E-state index contributed by atoms with van der Waals surface area (Å²) in [7, 11) is -1.82. The second-order valence-corrected chi connectivity index (χ2v) is 12.2. The van der Waals surface area contributed by atoms with Crippen molar-refractivity contribution in [1.82, 2.24) is 10.2 Å². The first-order valence-electron chi connectivity index (χ1n) is 7.37. The monoisotopic (exact) mass is 297 g/mol. The van der Waals surface area contributed by atoms with Crippen molar-refractivity contribution in [1.29, 1.82) is 0 Å². The van der Waals surface area contributed by atoms with Crippen LogP contribution in [-0.2, 0) is 4.43 Å². The van der Waals surface area contributed by atoms with Gasteiger partial charge in [0, 0.05) is 12.0 Å². The zero-order chi connectivity index (χ0) is 15.1. The summed E-state index contributed by atoms with van der Waals surface area (Å²) in [4.78, 5) is 0. The van der Waals surface area contributed by atoms with Crippen LogP contribution in [0.15, 0.2) is 4.42 Å². The molecule has 0 bridgehead atoms. The summed E-state index contributed by atoms with van der Waals surface area (Å²) in [6.07, 6.45) is 1.74. The van der Waals surface area contributed by atoms with Gasteiger partial charge in [0.25, 0.3) is 0 Å². The summed E-state index contributed by atoms with van der Waals surface area (Å²) in [6, 6.07) is 0.288. The Morgan fingerprint density at radius 3 is 2.40 bits per heavy atom. The van der Waals surface area contributed by atoms with Crippen molar-refractivity contribution in [3.8, 4) is 0 Å². The van der Waals surface area contributed by atoms with E-state index in [9.17, 15) is 0 Å². The third-order valence-corrected chi connectivity index (χ3v) is 9.16. The van der Waals surface area contributed by atoms with Gasteiger partial charge in [-0.1, -0.05) is 20.8 Å². The van der Waals surface area contributed by atoms with Gasteiger partial charge in [-0.05, 0) is 37.9 Å². The quantitative estimate of drug-likeness (QED) is 0.863. The van der Waals surface area contributed by atoms with Gasteiger partial charge < -0.3 is 14.6 Å². The SMILES string of the molecule is CC(O[Si](C)(C)C(C)(C)C)c1nnc(C2CC(N)C2)o1. The van der Waals surface area contributed by atoms with E-state index in [0.29, 0.717) is 17.7 Å². The van der Waals surface area contributed by atoms with E-state index in [2.05, 4.69) is 44.1 Å². The van der Waals surface area contributed by atoms with Gasteiger partial charge >= 0.3 is 0 Å². The van der Waals surface area contributed by atoms with E-state index in [0.717, 1.165) is 12.8 Å². The highest BCUT2D eigenvalue weighted by atomic mass is 28.4. The molecule has 1 aromatic heterocycles. The molecule has 0 spiro atoms. The fourth-order valence-electron chi connectivity index (χ4n) is 2.11. The molecular weight excluding hydrogens is 270 g/mol. The number of aromatic nitrogens is 2. The second-order valence-electron chi connectivity index (χ2n) is 7.43. The van der Waals surface area contributed by atoms with Gasteiger partial charge in [0.1, 0.15) is 6.10 Å². The summed E-state index contributed by atoms with van der Waals surface area (Å²) in [5, 5.41) is 8.47. The van der Waals surface area contributed by atoms with Crippen LogP contribution in [0.3, 0.4) is 0 Å². The molecule has 0 saturated heterocycles. The molecule has 1 atom stereocenters. The predicted molar refractivity (Wildman–Crippen MR) is 80.9 cm³/mol. The Morgan fingerprint density at radius 1 is 1.30 bits per heavy atom. The highest BCUT2D eigenvalue weighted by Crippen LogP contribution is 2.40. The Labute approximate surface area is 122 Å². The molecule has 1 unspecified atom stereocenters. The molecule has 1 aliphatic rings. The lowest BCUT2D eigenvalue weighted by molar-refractivity contribution is 0.162. The van der Waals surface area contributed by atoms with Crippen LogP contribution in [0.4, 0.5) is 0 Å². The van der Waals surface area contributed by atoms with E-state index in [4.69, 9.17) is 14.6 Å². The molecule has 1 fully saturated rings. The summed E-state index contributed by atoms with van der Waals surface area (Å²) in [5.74, 6) is 1.64. The van der Waals surface area contributed by atoms with Gasteiger partial charge in [-0.3, -0.25) is 0 Å². The summed E-state index contributed by atoms with van der Waals surface area (Å²) < 4.78 is 12.0. The molecule has 0 radical (unpaired) electrons. The van der Waals surface area contributed by atoms with Crippen LogP contribution >= 0.6 is 0 Å². The number of nitrogens with two attached hydrogens (primary N) is 1. The molecule has 20 heavy (non-hydrogen) atoms. The number of rotatable bonds is 4. The molecule has 0 aromatic carbocycles. The zero-order valence-corrected chi connectivity index (χ0v) is 14.4. The van der Waals surface area contributed by atoms with Crippen molar-refractivity contribution in [2.75, 3.05) is 0 Å². The van der Waals surface area contributed by atoms with Crippen LogP contribution in [0.1, 0.15) is 64.3 Å². The molecule has 2 N–H and O–H groups in total. The molecule has 0 amide bonds. The second kappa shape index (κ2) is 5.24. The van der Waals surface area contributed by atoms with Crippen LogP contribution in [0.2, 0.25) is 18.1 Å². The maximum atomic E-state index is 6.27. The first kappa shape index (κ1) is 15.7. The third-order valence-electron chi connectivity index (χ3n) is 4.61. The van der Waals surface area contributed by atoms with Gasteiger partial charge in [0.2, 0.25) is 11.8 Å². The van der Waals surface area contributed by atoms with Crippen molar-refractivity contribution in [2.45, 2.75) is 76.7 Å². The van der Waals surface area contributed by atoms with Crippen LogP contribution in [0, 0.1) is 0 Å². The maximum Gasteiger partial charge on any atom is 0.243 e. The fourth-order valence-corrected chi connectivity index (χ4v) is 3.45. The Balaban J connectivity index is 2.01. The van der Waals surface area contributed by atoms with Gasteiger partial charge in [-0.25, -0.2) is 0 Å². The molecule has 2 rings (SSSR count). The zero-order valence-electron chi connectivity index (χ0n) is 13.4. The van der Waals surface area contributed by atoms with Crippen molar-refractivity contribution in [3.63, 3.8) is 0 Å². The summed E-state index contributed by atoms with van der Waals surface area (Å²) in [5.41, 5.74) is 5.79. The lowest BCUT2D eigenvalue weighted by Gasteiger charge is -2.37. The smallest absolute Gasteiger partial charge is 0.243 e. The minimum absolute atomic E-state index is 0.147. The highest BCUT2D eigenvalue weighted by molar-refractivity contribution is 6.74. The van der Waals surface area contributed by atoms with Crippen LogP contribution < -0.4 is 5.73 Å². The van der Waals surface area contributed by atoms with E-state index >= 15 is 0 Å². The standard InChI is InChI=1S/C14H27N3O2Si/c1-9(19-20(5,6)14(2,3)4)12-16-17-13(18-12)10-7-11(15)8-10/h9-11H,7-8,15H2,1-6H3. The normalized spacial score (nSPS) is 25.4. The maximum absolute atomic E-state index is 6.27. The number of hydrogen-bond acceptors (Lipinski definition) is 5. The van der Waals surface area contributed by atoms with Gasteiger partial charge in [-0.15, -0.1) is 10.2 Å². The first-order valence-corrected chi connectivity index (χ1v) is 10.3. The molecule has 1 aromatic rings. The molecule has 6 heteroatoms. The van der Waals surface area contributed by atoms with E-state index in [-0.39, 0.29) is 17.2 Å². The van der Waals surface area contributed by atoms with E-state index in [1.165, 1.54) is 0 Å². The van der Waals surface area contributed by atoms with Crippen molar-refractivity contribution in [3.05, 3.63) is 11.8 Å². The highest BCUT2D eigenvalue weighted by Gasteiger charge is 2.40. The molecule has 5 nitrogen and oxygen atoms in total. The van der Waals surface area contributed by atoms with Crippen molar-refractivity contribution < 1.29 is 8.84 Å². The van der Waals surface area contributed by atoms with Crippen LogP contribution in [-0.4, -0.2) is 24.6 Å². The van der Waals surface area contributed by atoms with Gasteiger partial charge in [0.15, 0.2) is 8.32 Å². The molecule has 1 aliphatic carbocycles. The van der Waals surface area contributed by atoms with Crippen LogP contribution in [0.25, 0.3) is 0 Å². The van der Waals surface area contributed by atoms with E-state index < -0.39 is 8.32 Å². The molecule has 1 saturated carbocycles. The topological polar surface area (TPSA) is 74.2 Å². The third kappa shape index (κ3) is 3.12. The number of hydrogen-bond donors (Lipinski definition) is 1. The molecule has 1 heterocycles. The largest absolute Gasteiger partial charge is 0.422 e. The molecule has 0 aliphatic heterocycles. The Hall–Kier alpha value is -0.723. The summed E-state index contributed by atoms with van der Waals surface area (Å²) in [6.45, 7) is 13.1. The molecular formula is C14H27N3O2Si. The van der Waals surface area contributed by atoms with E-state index in [1.54, 1.807) is 0 Å². The van der Waals surface area contributed by atoms with Gasteiger partial charge in [-0.2, -0.15) is 0 Å². The Bertz CT molecular complexity index is 461. The predicted octanol–water partition coefficient (Wildman–Crippen LogP) is 3.36. The average molecular weight is 297 g/mol. The number of nitrogens with zero attached hydrogens (tertiary/aromatic N) is 2. The minimum Gasteiger partial charge on any atom is -0.422 e. The van der Waals surface area contributed by atoms with Crippen molar-refractivity contribution in [2.24, 2.45) is 5.73 Å². The Kier molecular flexibility index (Phi) is 4.10. The lowest BCUT2D eigenvalue weighted by atomic mass is 9.81. The van der Waals surface area contributed by atoms with Gasteiger partial charge in [0.05, 0.1) is 0 Å². The molecule has 114 valence electrons. The van der Waals surface area contributed by atoms with E-state index in [1.807, 2.05) is 6.92 Å². The van der Waals surface area contributed by atoms with Crippen LogP contribution in [0.5, 0.6) is 0 Å². The average Bonchev–Trinajstić information content (AvgIpc) is 2.71. The fraction of sp³-hybridized carbons (Fsp3) is 0.857. The lowest BCUT2D eigenvalue weighted by Crippen LogP contribution is -2.41. The Morgan fingerprint density at radius 2 is 1.90 bits per heavy atom. The summed E-state index contributed by atoms with van der Waals surface area (Å²) >= 11 is 0. The first-order chi connectivity index (χ1) is 9.10. The van der Waals surface area contributed by atoms with Crippen molar-refractivity contribution >= 4 is 8.32 Å². The minimum atomic E-state index is -1.82.